The summed E-state index contributed by atoms with van der Waals surface area (Å²) in [4.78, 5) is 26.9. The van der Waals surface area contributed by atoms with Gasteiger partial charge in [-0.25, -0.2) is 9.18 Å². The van der Waals surface area contributed by atoms with Gasteiger partial charge in [0.25, 0.3) is 5.56 Å². The van der Waals surface area contributed by atoms with Crippen molar-refractivity contribution in [1.82, 2.24) is 9.24 Å². The van der Waals surface area contributed by atoms with Gasteiger partial charge in [0.05, 0.1) is 16.6 Å². The smallest absolute Gasteiger partial charge is 0.350 e. The quantitative estimate of drug-likeness (QED) is 0.846. The summed E-state index contributed by atoms with van der Waals surface area (Å²) in [5.41, 5.74) is 0.529. The van der Waals surface area contributed by atoms with Gasteiger partial charge in [0.2, 0.25) is 0 Å². The summed E-state index contributed by atoms with van der Waals surface area (Å²) in [7, 11) is 0. The Bertz CT molecular complexity index is 958. The number of nitrogen functional groups attached to an aromatic ring is 1. The first-order chi connectivity index (χ1) is 11.4. The maximum absolute atomic E-state index is 14.8. The zero-order valence-corrected chi connectivity index (χ0v) is 13.9. The van der Waals surface area contributed by atoms with Crippen LogP contribution in [0.1, 0.15) is 37.8 Å². The van der Waals surface area contributed by atoms with Gasteiger partial charge in [0.1, 0.15) is 5.82 Å². The first-order valence-electron chi connectivity index (χ1n) is 8.40. The number of rotatable bonds is 2. The Kier molecular flexibility index (Phi) is 3.23. The molecule has 1 saturated carbocycles. The molecule has 2 N–H and O–H groups in total. The molecule has 24 heavy (non-hydrogen) atoms. The summed E-state index contributed by atoms with van der Waals surface area (Å²) in [5.74, 6) is 5.71. The van der Waals surface area contributed by atoms with E-state index in [0.717, 1.165) is 32.4 Å². The highest BCUT2D eigenvalue weighted by atomic mass is 19.1. The second-order valence-electron chi connectivity index (χ2n) is 7.13. The number of halogens is 1. The molecule has 0 bridgehead atoms. The molecule has 2 aromatic rings. The molecule has 4 rings (SSSR count). The maximum Gasteiger partial charge on any atom is 0.350 e. The molecule has 1 atom stereocenters. The van der Waals surface area contributed by atoms with Crippen molar-refractivity contribution in [3.05, 3.63) is 38.3 Å². The summed E-state index contributed by atoms with van der Waals surface area (Å²) < 4.78 is 17.0. The van der Waals surface area contributed by atoms with Gasteiger partial charge in [-0.3, -0.25) is 9.36 Å². The highest BCUT2D eigenvalue weighted by Crippen LogP contribution is 2.39. The molecular formula is C17H21FN4O2. The lowest BCUT2D eigenvalue weighted by atomic mass is 10.1. The van der Waals surface area contributed by atoms with Crippen LogP contribution in [0.5, 0.6) is 0 Å². The van der Waals surface area contributed by atoms with Gasteiger partial charge in [0, 0.05) is 24.7 Å². The third-order valence-electron chi connectivity index (χ3n) is 5.22. The Balaban J connectivity index is 2.08. The van der Waals surface area contributed by atoms with E-state index in [2.05, 4.69) is 6.92 Å². The third kappa shape index (κ3) is 2.07. The monoisotopic (exact) mass is 332 g/mol. The number of aromatic nitrogens is 2. The van der Waals surface area contributed by atoms with Crippen LogP contribution < -0.4 is 22.0 Å². The number of nitrogens with zero attached hydrogens (tertiary/aromatic N) is 3. The van der Waals surface area contributed by atoms with E-state index in [0.29, 0.717) is 27.4 Å². The number of anilines is 1. The predicted molar refractivity (Wildman–Crippen MR) is 91.6 cm³/mol. The van der Waals surface area contributed by atoms with Crippen LogP contribution in [0, 0.1) is 18.7 Å². The molecule has 0 amide bonds. The van der Waals surface area contributed by atoms with E-state index < -0.39 is 17.1 Å². The zero-order valence-electron chi connectivity index (χ0n) is 13.9. The van der Waals surface area contributed by atoms with Crippen LogP contribution in [0.4, 0.5) is 10.1 Å². The van der Waals surface area contributed by atoms with Gasteiger partial charge >= 0.3 is 5.69 Å². The lowest BCUT2D eigenvalue weighted by Crippen LogP contribution is -2.44. The van der Waals surface area contributed by atoms with Gasteiger partial charge in [-0.1, -0.05) is 6.92 Å². The Labute approximate surface area is 138 Å². The van der Waals surface area contributed by atoms with Crippen molar-refractivity contribution in [2.45, 2.75) is 39.2 Å². The molecular weight excluding hydrogens is 311 g/mol. The largest absolute Gasteiger partial charge is 0.369 e. The van der Waals surface area contributed by atoms with Crippen LogP contribution in [-0.4, -0.2) is 22.3 Å². The Morgan fingerprint density at radius 1 is 1.25 bits per heavy atom. The zero-order chi connectivity index (χ0) is 17.2. The van der Waals surface area contributed by atoms with Gasteiger partial charge in [-0.05, 0) is 38.2 Å². The molecule has 1 unspecified atom stereocenters. The highest BCUT2D eigenvalue weighted by Gasteiger charge is 2.31. The fourth-order valence-corrected chi connectivity index (χ4v) is 3.86. The highest BCUT2D eigenvalue weighted by molar-refractivity contribution is 5.87. The lowest BCUT2D eigenvalue weighted by Gasteiger charge is -2.24. The molecule has 128 valence electrons. The van der Waals surface area contributed by atoms with Crippen molar-refractivity contribution < 1.29 is 4.39 Å². The predicted octanol–water partition coefficient (Wildman–Crippen LogP) is 1.51. The minimum atomic E-state index is -0.643. The molecule has 2 heterocycles. The number of hydrogen-bond acceptors (Lipinski definition) is 4. The van der Waals surface area contributed by atoms with E-state index in [-0.39, 0.29) is 11.4 Å². The summed E-state index contributed by atoms with van der Waals surface area (Å²) in [6.07, 6.45) is 2.76. The average Bonchev–Trinajstić information content (AvgIpc) is 3.28. The van der Waals surface area contributed by atoms with E-state index in [4.69, 9.17) is 5.84 Å². The number of nitrogens with two attached hydrogens (primary N) is 1. The van der Waals surface area contributed by atoms with Crippen LogP contribution in [0.2, 0.25) is 0 Å². The van der Waals surface area contributed by atoms with Gasteiger partial charge in [-0.2, -0.15) is 4.68 Å². The molecule has 1 aromatic carbocycles. The van der Waals surface area contributed by atoms with Crippen molar-refractivity contribution >= 4 is 16.6 Å². The summed E-state index contributed by atoms with van der Waals surface area (Å²) in [6.45, 7) is 5.50. The average molecular weight is 332 g/mol. The molecule has 2 fully saturated rings. The molecule has 0 spiro atoms. The van der Waals surface area contributed by atoms with Gasteiger partial charge in [0.15, 0.2) is 0 Å². The van der Waals surface area contributed by atoms with Crippen LogP contribution in [0.25, 0.3) is 10.9 Å². The van der Waals surface area contributed by atoms with E-state index in [1.807, 2.05) is 4.90 Å². The lowest BCUT2D eigenvalue weighted by molar-refractivity contribution is 0.616. The number of fused-ring (bicyclic) bond motifs is 1. The normalized spacial score (nSPS) is 21.0. The van der Waals surface area contributed by atoms with Crippen LogP contribution in [0.3, 0.4) is 0 Å². The Morgan fingerprint density at radius 3 is 2.54 bits per heavy atom. The van der Waals surface area contributed by atoms with E-state index >= 15 is 0 Å². The van der Waals surface area contributed by atoms with Crippen LogP contribution >= 0.6 is 0 Å². The minimum Gasteiger partial charge on any atom is -0.369 e. The first-order valence-corrected chi connectivity index (χ1v) is 8.40. The van der Waals surface area contributed by atoms with E-state index in [1.165, 1.54) is 6.07 Å². The topological polar surface area (TPSA) is 73.3 Å². The van der Waals surface area contributed by atoms with Crippen molar-refractivity contribution in [3.63, 3.8) is 0 Å². The van der Waals surface area contributed by atoms with Crippen LogP contribution in [0.15, 0.2) is 15.7 Å². The van der Waals surface area contributed by atoms with Crippen molar-refractivity contribution in [3.8, 4) is 0 Å². The van der Waals surface area contributed by atoms with Crippen molar-refractivity contribution in [2.75, 3.05) is 23.8 Å². The Hall–Kier alpha value is -2.31. The standard InChI is InChI=1S/C17H21FN4O2/c1-9-5-6-20(8-9)15-10(2)14-12(7-13(15)18)16(23)22(19)17(24)21(14)11-3-4-11/h7,9,11H,3-6,8,19H2,1-2H3. The number of benzene rings is 1. The van der Waals surface area contributed by atoms with Gasteiger partial charge in [-0.15, -0.1) is 0 Å². The fourth-order valence-electron chi connectivity index (χ4n) is 3.86. The minimum absolute atomic E-state index is 0.0462. The fraction of sp³-hybridized carbons (Fsp3) is 0.529. The second-order valence-corrected chi connectivity index (χ2v) is 7.13. The number of aryl methyl sites for hydroxylation is 1. The second kappa shape index (κ2) is 5.09. The molecule has 1 aliphatic heterocycles. The summed E-state index contributed by atoms with van der Waals surface area (Å²) >= 11 is 0. The maximum atomic E-state index is 14.8. The first kappa shape index (κ1) is 15.2. The van der Waals surface area contributed by atoms with Gasteiger partial charge < -0.3 is 10.7 Å². The molecule has 7 heteroatoms. The molecule has 1 aliphatic carbocycles. The molecule has 1 aromatic heterocycles. The van der Waals surface area contributed by atoms with Crippen LogP contribution in [-0.2, 0) is 0 Å². The molecule has 2 aliphatic rings. The Morgan fingerprint density at radius 2 is 1.96 bits per heavy atom. The third-order valence-corrected chi connectivity index (χ3v) is 5.22. The molecule has 0 radical (unpaired) electrons. The van der Waals surface area contributed by atoms with Crippen molar-refractivity contribution in [2.24, 2.45) is 5.92 Å². The van der Waals surface area contributed by atoms with E-state index in [1.54, 1.807) is 11.5 Å². The SMILES string of the molecule is Cc1c(N2CCC(C)C2)c(F)cc2c(=O)n(N)c(=O)n(C3CC3)c12. The van der Waals surface area contributed by atoms with Crippen molar-refractivity contribution in [1.29, 1.82) is 0 Å². The molecule has 1 saturated heterocycles. The molecule has 6 nitrogen and oxygen atoms in total. The summed E-state index contributed by atoms with van der Waals surface area (Å²) in [6, 6.07) is 1.29. The number of hydrogen-bond donors (Lipinski definition) is 1. The summed E-state index contributed by atoms with van der Waals surface area (Å²) in [5, 5.41) is 0.176. The van der Waals surface area contributed by atoms with E-state index in [9.17, 15) is 14.0 Å².